The number of thiazole rings is 1. The van der Waals surface area contributed by atoms with Gasteiger partial charge in [-0.15, -0.1) is 11.3 Å². The Morgan fingerprint density at radius 3 is 2.37 bits per heavy atom. The number of oxazole rings is 1. The standard InChI is InChI=1S/C31H38N6O5S/c1-17(2)25-30-36-27(20(6)42-30)29(41)32-19(5)14-37(24(39)13-12-21-10-8-7-9-11-21)15-23(38)34-26(18(3)4)31-33-22(16-43-31)28(40)35-25/h7-13,16-19,25-26H,14-15H2,1-6H3,(H,32,41)(H,34,38)(H,35,40)/b13-12+/t19-,25-,26+/m1/s1. The van der Waals surface area contributed by atoms with Crippen molar-refractivity contribution in [2.24, 2.45) is 11.8 Å². The van der Waals surface area contributed by atoms with Crippen molar-refractivity contribution in [3.8, 4) is 0 Å². The number of benzene rings is 1. The maximum absolute atomic E-state index is 13.3. The Morgan fingerprint density at radius 2 is 1.70 bits per heavy atom. The van der Waals surface area contributed by atoms with Gasteiger partial charge in [-0.3, -0.25) is 19.2 Å². The highest BCUT2D eigenvalue weighted by atomic mass is 32.1. The van der Waals surface area contributed by atoms with Gasteiger partial charge in [0.2, 0.25) is 17.7 Å². The van der Waals surface area contributed by atoms with Crippen LogP contribution in [-0.4, -0.2) is 57.6 Å². The second-order valence-corrected chi connectivity index (χ2v) is 12.2. The first-order valence-corrected chi connectivity index (χ1v) is 15.2. The van der Waals surface area contributed by atoms with Crippen molar-refractivity contribution in [1.82, 2.24) is 30.8 Å². The molecule has 0 saturated heterocycles. The fourth-order valence-corrected chi connectivity index (χ4v) is 5.69. The Hall–Kier alpha value is -4.32. The highest BCUT2D eigenvalue weighted by molar-refractivity contribution is 7.09. The maximum Gasteiger partial charge on any atom is 0.273 e. The van der Waals surface area contributed by atoms with Crippen LogP contribution < -0.4 is 16.0 Å². The topological polar surface area (TPSA) is 147 Å². The third-order valence-electron chi connectivity index (χ3n) is 6.99. The molecule has 3 aromatic rings. The predicted molar refractivity (Wildman–Crippen MR) is 163 cm³/mol. The minimum absolute atomic E-state index is 0.0472. The molecule has 43 heavy (non-hydrogen) atoms. The van der Waals surface area contributed by atoms with Crippen molar-refractivity contribution >= 4 is 41.0 Å². The molecule has 4 rings (SSSR count). The van der Waals surface area contributed by atoms with Crippen molar-refractivity contribution < 1.29 is 23.6 Å². The summed E-state index contributed by atoms with van der Waals surface area (Å²) >= 11 is 1.27. The molecule has 1 aliphatic heterocycles. The summed E-state index contributed by atoms with van der Waals surface area (Å²) in [6, 6.07) is 7.73. The minimum atomic E-state index is -0.612. The molecule has 3 N–H and O–H groups in total. The number of aryl methyl sites for hydroxylation is 1. The molecule has 0 radical (unpaired) electrons. The number of rotatable bonds is 4. The number of amides is 4. The van der Waals surface area contributed by atoms with E-state index < -0.39 is 35.8 Å². The van der Waals surface area contributed by atoms with Crippen molar-refractivity contribution in [3.63, 3.8) is 0 Å². The van der Waals surface area contributed by atoms with Crippen LogP contribution in [0.5, 0.6) is 0 Å². The molecule has 2 aromatic heterocycles. The molecule has 4 bridgehead atoms. The van der Waals surface area contributed by atoms with Gasteiger partial charge in [0.1, 0.15) is 22.5 Å². The average molecular weight is 607 g/mol. The van der Waals surface area contributed by atoms with Crippen molar-refractivity contribution in [2.75, 3.05) is 13.1 Å². The molecule has 0 spiro atoms. The third-order valence-corrected chi connectivity index (χ3v) is 7.91. The molecule has 3 heterocycles. The lowest BCUT2D eigenvalue weighted by Gasteiger charge is -2.27. The van der Waals surface area contributed by atoms with E-state index in [0.717, 1.165) is 5.56 Å². The van der Waals surface area contributed by atoms with Gasteiger partial charge in [-0.05, 0) is 37.3 Å². The molecule has 0 unspecified atom stereocenters. The van der Waals surface area contributed by atoms with Crippen LogP contribution in [0, 0.1) is 18.8 Å². The van der Waals surface area contributed by atoms with E-state index in [9.17, 15) is 19.2 Å². The molecule has 1 aromatic carbocycles. The molecule has 1 aliphatic rings. The van der Waals surface area contributed by atoms with E-state index in [1.54, 1.807) is 25.3 Å². The maximum atomic E-state index is 13.3. The molecule has 3 atom stereocenters. The van der Waals surface area contributed by atoms with Crippen LogP contribution in [0.3, 0.4) is 0 Å². The van der Waals surface area contributed by atoms with Crippen molar-refractivity contribution in [3.05, 3.63) is 75.4 Å². The molecule has 0 aliphatic carbocycles. The molecule has 12 heteroatoms. The zero-order valence-corrected chi connectivity index (χ0v) is 26.0. The van der Waals surface area contributed by atoms with E-state index in [-0.39, 0.29) is 48.1 Å². The Kier molecular flexibility index (Phi) is 10.1. The number of nitrogens with zero attached hydrogens (tertiary/aromatic N) is 3. The molecule has 4 amide bonds. The first kappa shape index (κ1) is 31.6. The summed E-state index contributed by atoms with van der Waals surface area (Å²) in [6.07, 6.45) is 3.09. The highest BCUT2D eigenvalue weighted by Crippen LogP contribution is 2.27. The van der Waals surface area contributed by atoms with Crippen molar-refractivity contribution in [2.45, 2.75) is 59.7 Å². The summed E-state index contributed by atoms with van der Waals surface area (Å²) in [5, 5.41) is 11.0. The molecule has 0 fully saturated rings. The summed E-state index contributed by atoms with van der Waals surface area (Å²) in [6.45, 7) is 10.9. The lowest BCUT2D eigenvalue weighted by atomic mass is 10.0. The average Bonchev–Trinajstić information content (AvgIpc) is 3.59. The predicted octanol–water partition coefficient (Wildman–Crippen LogP) is 4.05. The van der Waals surface area contributed by atoms with Gasteiger partial charge in [-0.25, -0.2) is 9.97 Å². The smallest absolute Gasteiger partial charge is 0.273 e. The summed E-state index contributed by atoms with van der Waals surface area (Å²) in [5.74, 6) is -1.33. The number of carbonyl (C=O) groups is 4. The normalized spacial score (nSPS) is 20.5. The zero-order chi connectivity index (χ0) is 31.3. The Bertz CT molecular complexity index is 1500. The highest BCUT2D eigenvalue weighted by Gasteiger charge is 2.30. The molecular weight excluding hydrogens is 568 g/mol. The summed E-state index contributed by atoms with van der Waals surface area (Å²) in [7, 11) is 0. The number of aromatic nitrogens is 2. The molecule has 228 valence electrons. The van der Waals surface area contributed by atoms with Gasteiger partial charge < -0.3 is 25.3 Å². The summed E-state index contributed by atoms with van der Waals surface area (Å²) in [4.78, 5) is 63.5. The van der Waals surface area contributed by atoms with E-state index in [2.05, 4.69) is 25.9 Å². The third kappa shape index (κ3) is 7.95. The lowest BCUT2D eigenvalue weighted by molar-refractivity contribution is -0.133. The van der Waals surface area contributed by atoms with Gasteiger partial charge in [-0.1, -0.05) is 58.0 Å². The monoisotopic (exact) mass is 606 g/mol. The quantitative estimate of drug-likeness (QED) is 0.380. The van der Waals surface area contributed by atoms with E-state index in [0.29, 0.717) is 10.8 Å². The van der Waals surface area contributed by atoms with E-state index >= 15 is 0 Å². The number of nitrogens with one attached hydrogen (secondary N) is 3. The van der Waals surface area contributed by atoms with E-state index in [4.69, 9.17) is 4.42 Å². The van der Waals surface area contributed by atoms with Gasteiger partial charge >= 0.3 is 0 Å². The zero-order valence-electron chi connectivity index (χ0n) is 25.2. The van der Waals surface area contributed by atoms with Crippen LogP contribution in [0.2, 0.25) is 0 Å². The van der Waals surface area contributed by atoms with Crippen LogP contribution in [0.25, 0.3) is 6.08 Å². The van der Waals surface area contributed by atoms with Crippen LogP contribution in [0.4, 0.5) is 0 Å². The van der Waals surface area contributed by atoms with Crippen LogP contribution in [-0.2, 0) is 9.59 Å². The Morgan fingerprint density at radius 1 is 1.00 bits per heavy atom. The molecule has 0 saturated carbocycles. The number of fused-ring (bicyclic) bond motifs is 4. The first-order valence-electron chi connectivity index (χ1n) is 14.3. The van der Waals surface area contributed by atoms with Gasteiger partial charge in [0, 0.05) is 24.0 Å². The van der Waals surface area contributed by atoms with Gasteiger partial charge in [0.05, 0.1) is 12.6 Å². The van der Waals surface area contributed by atoms with Gasteiger partial charge in [0.25, 0.3) is 11.8 Å². The Labute approximate surface area is 255 Å². The summed E-state index contributed by atoms with van der Waals surface area (Å²) in [5.41, 5.74) is 1.12. The van der Waals surface area contributed by atoms with Crippen molar-refractivity contribution in [1.29, 1.82) is 0 Å². The second kappa shape index (κ2) is 13.8. The SMILES string of the molecule is Cc1oc2nc1C(=O)N[C@H](C)CN(C(=O)/C=C/c1ccccc1)CC(=O)N[C@@H](C(C)C)c1nc(cs1)C(=O)N[C@@H]2C(C)C. The largest absolute Gasteiger partial charge is 0.443 e. The van der Waals surface area contributed by atoms with Crippen LogP contribution in [0.15, 0.2) is 46.2 Å². The fourth-order valence-electron chi connectivity index (χ4n) is 4.67. The van der Waals surface area contributed by atoms with Crippen LogP contribution >= 0.6 is 11.3 Å². The molecule has 11 nitrogen and oxygen atoms in total. The number of carbonyl (C=O) groups excluding carboxylic acids is 4. The minimum Gasteiger partial charge on any atom is -0.443 e. The first-order chi connectivity index (χ1) is 20.4. The van der Waals surface area contributed by atoms with Gasteiger partial charge in [-0.2, -0.15) is 0 Å². The number of hydrogen-bond acceptors (Lipinski definition) is 8. The lowest BCUT2D eigenvalue weighted by Crippen LogP contribution is -2.48. The fraction of sp³-hybridized carbons (Fsp3) is 0.419. The van der Waals surface area contributed by atoms with Gasteiger partial charge in [0.15, 0.2) is 5.69 Å². The Balaban J connectivity index is 1.70. The second-order valence-electron chi connectivity index (χ2n) is 11.3. The van der Waals surface area contributed by atoms with E-state index in [1.807, 2.05) is 58.0 Å². The van der Waals surface area contributed by atoms with E-state index in [1.165, 1.54) is 22.3 Å². The number of hydrogen-bond donors (Lipinski definition) is 3. The summed E-state index contributed by atoms with van der Waals surface area (Å²) < 4.78 is 5.86. The molecular formula is C31H38N6O5S. The van der Waals surface area contributed by atoms with Crippen LogP contribution in [0.1, 0.15) is 89.9 Å².